The summed E-state index contributed by atoms with van der Waals surface area (Å²) >= 11 is 0. The Labute approximate surface area is 81.2 Å². The van der Waals surface area contributed by atoms with Crippen LogP contribution < -0.4 is 5.73 Å². The Morgan fingerprint density at radius 2 is 2.29 bits per heavy atom. The SMILES string of the molecule is COC(=O)n1nc(N)c2c1CN(C)C2. The van der Waals surface area contributed by atoms with E-state index in [1.54, 1.807) is 0 Å². The van der Waals surface area contributed by atoms with Gasteiger partial charge in [0.2, 0.25) is 0 Å². The molecule has 0 aromatic carbocycles. The zero-order valence-electron chi connectivity index (χ0n) is 8.15. The van der Waals surface area contributed by atoms with E-state index in [2.05, 4.69) is 14.7 Å². The molecule has 1 aromatic rings. The van der Waals surface area contributed by atoms with Crippen molar-refractivity contribution in [3.63, 3.8) is 0 Å². The first kappa shape index (κ1) is 9.01. The van der Waals surface area contributed by atoms with Crippen LogP contribution in [0.3, 0.4) is 0 Å². The summed E-state index contributed by atoms with van der Waals surface area (Å²) < 4.78 is 5.83. The average Bonchev–Trinajstić information content (AvgIpc) is 2.65. The number of hydrogen-bond acceptors (Lipinski definition) is 5. The lowest BCUT2D eigenvalue weighted by Gasteiger charge is -2.06. The third-order valence-electron chi connectivity index (χ3n) is 2.32. The van der Waals surface area contributed by atoms with Gasteiger partial charge in [-0.15, -0.1) is 5.10 Å². The third kappa shape index (κ3) is 1.15. The van der Waals surface area contributed by atoms with E-state index >= 15 is 0 Å². The van der Waals surface area contributed by atoms with E-state index < -0.39 is 6.09 Å². The number of carbonyl (C=O) groups is 1. The highest BCUT2D eigenvalue weighted by Gasteiger charge is 2.27. The lowest BCUT2D eigenvalue weighted by Crippen LogP contribution is -2.18. The summed E-state index contributed by atoms with van der Waals surface area (Å²) in [4.78, 5) is 13.4. The maximum Gasteiger partial charge on any atom is 0.434 e. The van der Waals surface area contributed by atoms with Crippen LogP contribution in [0.1, 0.15) is 11.3 Å². The van der Waals surface area contributed by atoms with Crippen LogP contribution in [0.25, 0.3) is 0 Å². The normalized spacial score (nSPS) is 15.6. The summed E-state index contributed by atoms with van der Waals surface area (Å²) in [5.41, 5.74) is 7.44. The van der Waals surface area contributed by atoms with Gasteiger partial charge in [-0.3, -0.25) is 4.90 Å². The van der Waals surface area contributed by atoms with Crippen LogP contribution in [0.15, 0.2) is 0 Å². The Morgan fingerprint density at radius 1 is 1.57 bits per heavy atom. The molecule has 2 rings (SSSR count). The highest BCUT2D eigenvalue weighted by atomic mass is 16.5. The number of ether oxygens (including phenoxy) is 1. The third-order valence-corrected chi connectivity index (χ3v) is 2.32. The number of fused-ring (bicyclic) bond motifs is 1. The predicted molar refractivity (Wildman–Crippen MR) is 49.6 cm³/mol. The minimum Gasteiger partial charge on any atom is -0.451 e. The van der Waals surface area contributed by atoms with Gasteiger partial charge >= 0.3 is 6.09 Å². The fourth-order valence-electron chi connectivity index (χ4n) is 1.66. The minimum atomic E-state index is -0.492. The quantitative estimate of drug-likeness (QED) is 0.633. The van der Waals surface area contributed by atoms with Gasteiger partial charge in [0.05, 0.1) is 12.8 Å². The summed E-state index contributed by atoms with van der Waals surface area (Å²) in [6.45, 7) is 1.41. The summed E-state index contributed by atoms with van der Waals surface area (Å²) in [6, 6.07) is 0. The van der Waals surface area contributed by atoms with Crippen molar-refractivity contribution in [2.75, 3.05) is 19.9 Å². The number of rotatable bonds is 0. The van der Waals surface area contributed by atoms with Gasteiger partial charge in [0.1, 0.15) is 0 Å². The molecular weight excluding hydrogens is 184 g/mol. The number of nitrogens with zero attached hydrogens (tertiary/aromatic N) is 3. The molecule has 0 unspecified atom stereocenters. The van der Waals surface area contributed by atoms with Crippen molar-refractivity contribution in [2.45, 2.75) is 13.1 Å². The molecule has 1 aliphatic rings. The van der Waals surface area contributed by atoms with Gasteiger partial charge in [0.25, 0.3) is 0 Å². The molecule has 1 aliphatic heterocycles. The van der Waals surface area contributed by atoms with Crippen LogP contribution >= 0.6 is 0 Å². The molecule has 0 saturated carbocycles. The number of anilines is 1. The lowest BCUT2D eigenvalue weighted by atomic mass is 10.3. The van der Waals surface area contributed by atoms with E-state index in [-0.39, 0.29) is 0 Å². The monoisotopic (exact) mass is 196 g/mol. The lowest BCUT2D eigenvalue weighted by molar-refractivity contribution is 0.167. The number of nitrogens with two attached hydrogens (primary N) is 1. The van der Waals surface area contributed by atoms with Gasteiger partial charge in [0, 0.05) is 18.7 Å². The van der Waals surface area contributed by atoms with Gasteiger partial charge in [-0.1, -0.05) is 0 Å². The van der Waals surface area contributed by atoms with Crippen molar-refractivity contribution >= 4 is 11.9 Å². The van der Waals surface area contributed by atoms with E-state index in [0.29, 0.717) is 12.4 Å². The van der Waals surface area contributed by atoms with E-state index in [0.717, 1.165) is 17.8 Å². The second kappa shape index (κ2) is 2.98. The fraction of sp³-hybridized carbons (Fsp3) is 0.500. The molecule has 0 amide bonds. The van der Waals surface area contributed by atoms with E-state index in [1.165, 1.54) is 11.8 Å². The molecule has 0 spiro atoms. The van der Waals surface area contributed by atoms with Crippen molar-refractivity contribution in [1.82, 2.24) is 14.7 Å². The smallest absolute Gasteiger partial charge is 0.434 e. The molecule has 6 nitrogen and oxygen atoms in total. The van der Waals surface area contributed by atoms with E-state index in [4.69, 9.17) is 5.73 Å². The van der Waals surface area contributed by atoms with Crippen LogP contribution in [-0.2, 0) is 17.8 Å². The Hall–Kier alpha value is -1.56. The Balaban J connectivity index is 2.45. The first-order valence-corrected chi connectivity index (χ1v) is 4.26. The molecule has 2 heterocycles. The zero-order valence-corrected chi connectivity index (χ0v) is 8.15. The maximum absolute atomic E-state index is 11.3. The number of carbonyl (C=O) groups excluding carboxylic acids is 1. The number of hydrogen-bond donors (Lipinski definition) is 1. The van der Waals surface area contributed by atoms with Crippen LogP contribution in [0, 0.1) is 0 Å². The van der Waals surface area contributed by atoms with Crippen molar-refractivity contribution in [3.8, 4) is 0 Å². The van der Waals surface area contributed by atoms with Gasteiger partial charge in [-0.25, -0.2) is 4.79 Å². The van der Waals surface area contributed by atoms with Crippen molar-refractivity contribution in [3.05, 3.63) is 11.3 Å². The molecule has 0 radical (unpaired) electrons. The van der Waals surface area contributed by atoms with Crippen LogP contribution in [0.2, 0.25) is 0 Å². The minimum absolute atomic E-state index is 0.412. The zero-order chi connectivity index (χ0) is 10.3. The molecule has 0 saturated heterocycles. The molecule has 0 fully saturated rings. The maximum atomic E-state index is 11.3. The molecular formula is C8H12N4O2. The summed E-state index contributed by atoms with van der Waals surface area (Å²) in [7, 11) is 3.28. The van der Waals surface area contributed by atoms with Crippen LogP contribution in [0.5, 0.6) is 0 Å². The Morgan fingerprint density at radius 3 is 2.93 bits per heavy atom. The van der Waals surface area contributed by atoms with E-state index in [1.807, 2.05) is 7.05 Å². The second-order valence-electron chi connectivity index (χ2n) is 3.36. The van der Waals surface area contributed by atoms with Crippen LogP contribution in [-0.4, -0.2) is 34.9 Å². The standard InChI is InChI=1S/C8H12N4O2/c1-11-3-5-6(4-11)12(8(13)14-2)10-7(5)9/h3-4H2,1-2H3,(H2,9,10). The number of nitrogen functional groups attached to an aromatic ring is 1. The first-order chi connectivity index (χ1) is 6.63. The fourth-order valence-corrected chi connectivity index (χ4v) is 1.66. The molecule has 0 aliphatic carbocycles. The molecule has 14 heavy (non-hydrogen) atoms. The highest BCUT2D eigenvalue weighted by molar-refractivity contribution is 5.72. The van der Waals surface area contributed by atoms with Crippen LogP contribution in [0.4, 0.5) is 10.6 Å². The van der Waals surface area contributed by atoms with Crippen molar-refractivity contribution in [1.29, 1.82) is 0 Å². The van der Waals surface area contributed by atoms with Gasteiger partial charge in [0.15, 0.2) is 5.82 Å². The van der Waals surface area contributed by atoms with Crippen molar-refractivity contribution in [2.24, 2.45) is 0 Å². The molecule has 76 valence electrons. The van der Waals surface area contributed by atoms with E-state index in [9.17, 15) is 4.79 Å². The first-order valence-electron chi connectivity index (χ1n) is 4.26. The van der Waals surface area contributed by atoms with Gasteiger partial charge in [-0.2, -0.15) is 4.68 Å². The van der Waals surface area contributed by atoms with Gasteiger partial charge in [-0.05, 0) is 7.05 Å². The second-order valence-corrected chi connectivity index (χ2v) is 3.36. The largest absolute Gasteiger partial charge is 0.451 e. The predicted octanol–water partition coefficient (Wildman–Crippen LogP) is 0.0252. The summed E-state index contributed by atoms with van der Waals surface area (Å²) in [6.07, 6.45) is -0.492. The number of methoxy groups -OCH3 is 1. The molecule has 1 aromatic heterocycles. The van der Waals surface area contributed by atoms with Gasteiger partial charge < -0.3 is 10.5 Å². The molecule has 0 bridgehead atoms. The number of aromatic nitrogens is 2. The Kier molecular flexibility index (Phi) is 1.92. The summed E-state index contributed by atoms with van der Waals surface area (Å²) in [5.74, 6) is 0.412. The van der Waals surface area contributed by atoms with Crippen molar-refractivity contribution < 1.29 is 9.53 Å². The highest BCUT2D eigenvalue weighted by Crippen LogP contribution is 2.26. The topological polar surface area (TPSA) is 73.4 Å². The molecule has 6 heteroatoms. The Bertz CT molecular complexity index is 385. The molecule has 2 N–H and O–H groups in total. The molecule has 0 atom stereocenters. The average molecular weight is 196 g/mol. The summed E-state index contributed by atoms with van der Waals surface area (Å²) in [5, 5.41) is 3.93.